The molecule has 5 nitrogen and oxygen atoms in total. The molecule has 20 heavy (non-hydrogen) atoms. The van der Waals surface area contributed by atoms with Gasteiger partial charge in [0.05, 0.1) is 10.5 Å². The first-order chi connectivity index (χ1) is 9.22. The van der Waals surface area contributed by atoms with E-state index in [1.54, 1.807) is 0 Å². The summed E-state index contributed by atoms with van der Waals surface area (Å²) in [5.41, 5.74) is 1.24. The maximum absolute atomic E-state index is 12.1. The summed E-state index contributed by atoms with van der Waals surface area (Å²) >= 11 is 5.90. The number of benzene rings is 1. The van der Waals surface area contributed by atoms with E-state index in [1.165, 1.54) is 13.0 Å². The van der Waals surface area contributed by atoms with Crippen LogP contribution >= 0.6 is 11.6 Å². The van der Waals surface area contributed by atoms with Gasteiger partial charge in [-0.2, -0.15) is 0 Å². The van der Waals surface area contributed by atoms with Gasteiger partial charge in [-0.25, -0.2) is 17.9 Å². The lowest BCUT2D eigenvalue weighted by Gasteiger charge is -2.10. The number of aromatic carboxylic acids is 1. The number of carboxylic acid groups (broad SMARTS) is 1. The Labute approximate surface area is 122 Å². The van der Waals surface area contributed by atoms with Crippen molar-refractivity contribution in [2.75, 3.05) is 6.54 Å². The van der Waals surface area contributed by atoms with Crippen LogP contribution in [0.3, 0.4) is 0 Å². The molecule has 108 valence electrons. The number of halogens is 1. The maximum Gasteiger partial charge on any atom is 0.336 e. The van der Waals surface area contributed by atoms with Crippen LogP contribution in [-0.4, -0.2) is 26.0 Å². The Morgan fingerprint density at radius 3 is 2.65 bits per heavy atom. The van der Waals surface area contributed by atoms with Gasteiger partial charge >= 0.3 is 5.97 Å². The largest absolute Gasteiger partial charge is 0.478 e. The lowest BCUT2D eigenvalue weighted by atomic mass is 10.1. The molecule has 1 saturated carbocycles. The Kier molecular flexibility index (Phi) is 3.90. The van der Waals surface area contributed by atoms with Gasteiger partial charge in [0.15, 0.2) is 0 Å². The molecule has 1 fully saturated rings. The van der Waals surface area contributed by atoms with Gasteiger partial charge in [0.25, 0.3) is 0 Å². The van der Waals surface area contributed by atoms with Gasteiger partial charge in [-0.15, -0.1) is 0 Å². The number of sulfonamides is 1. The standard InChI is InChI=1S/C13H14ClNO4S/c1-7-3-9(7)6-15-20(18,19)10-4-11(13(16)17)8(2)12(14)5-10/h4-5,9,15H,1,3,6H2,2H3,(H,16,17). The zero-order chi connectivity index (χ0) is 15.1. The normalized spacial score (nSPS) is 18.1. The molecule has 1 aromatic rings. The summed E-state index contributed by atoms with van der Waals surface area (Å²) in [7, 11) is -3.77. The van der Waals surface area contributed by atoms with Crippen molar-refractivity contribution in [2.24, 2.45) is 5.92 Å². The molecule has 0 amide bonds. The first-order valence-corrected chi connectivity index (χ1v) is 7.79. The minimum Gasteiger partial charge on any atom is -0.478 e. The monoisotopic (exact) mass is 315 g/mol. The van der Waals surface area contributed by atoms with Crippen LogP contribution in [-0.2, 0) is 10.0 Å². The van der Waals surface area contributed by atoms with Gasteiger partial charge < -0.3 is 5.11 Å². The molecule has 1 unspecified atom stereocenters. The summed E-state index contributed by atoms with van der Waals surface area (Å²) in [4.78, 5) is 10.9. The molecule has 2 N–H and O–H groups in total. The second-order valence-electron chi connectivity index (χ2n) is 4.79. The summed E-state index contributed by atoms with van der Waals surface area (Å²) < 4.78 is 26.7. The quantitative estimate of drug-likeness (QED) is 0.816. The van der Waals surface area contributed by atoms with Crippen LogP contribution < -0.4 is 4.72 Å². The molecular formula is C13H14ClNO4S. The smallest absolute Gasteiger partial charge is 0.336 e. The molecule has 1 aliphatic carbocycles. The van der Waals surface area contributed by atoms with Crippen molar-refractivity contribution >= 4 is 27.6 Å². The predicted molar refractivity (Wildman–Crippen MR) is 75.6 cm³/mol. The molecule has 0 aliphatic heterocycles. The minimum absolute atomic E-state index is 0.112. The topological polar surface area (TPSA) is 83.5 Å². The Morgan fingerprint density at radius 1 is 1.55 bits per heavy atom. The molecule has 1 atom stereocenters. The third-order valence-electron chi connectivity index (χ3n) is 3.30. The fourth-order valence-corrected chi connectivity index (χ4v) is 3.22. The highest BCUT2D eigenvalue weighted by molar-refractivity contribution is 7.89. The zero-order valence-electron chi connectivity index (χ0n) is 10.8. The van der Waals surface area contributed by atoms with Crippen molar-refractivity contribution in [2.45, 2.75) is 18.2 Å². The third kappa shape index (κ3) is 3.03. The number of rotatable bonds is 5. The number of hydrogen-bond acceptors (Lipinski definition) is 3. The average molecular weight is 316 g/mol. The Morgan fingerprint density at radius 2 is 2.15 bits per heavy atom. The second-order valence-corrected chi connectivity index (χ2v) is 6.97. The molecule has 0 spiro atoms. The molecule has 1 aliphatic rings. The Bertz CT molecular complexity index is 697. The van der Waals surface area contributed by atoms with Crippen molar-refractivity contribution in [1.82, 2.24) is 4.72 Å². The number of carbonyl (C=O) groups is 1. The summed E-state index contributed by atoms with van der Waals surface area (Å²) in [5.74, 6) is -1.04. The zero-order valence-corrected chi connectivity index (χ0v) is 12.4. The van der Waals surface area contributed by atoms with E-state index in [0.29, 0.717) is 5.56 Å². The summed E-state index contributed by atoms with van der Waals surface area (Å²) in [6.07, 6.45) is 0.817. The van der Waals surface area contributed by atoms with Crippen molar-refractivity contribution in [1.29, 1.82) is 0 Å². The summed E-state index contributed by atoms with van der Waals surface area (Å²) in [5, 5.41) is 9.17. The molecule has 0 heterocycles. The third-order valence-corrected chi connectivity index (χ3v) is 5.10. The van der Waals surface area contributed by atoms with E-state index < -0.39 is 16.0 Å². The van der Waals surface area contributed by atoms with Gasteiger partial charge in [-0.05, 0) is 37.0 Å². The van der Waals surface area contributed by atoms with Crippen LogP contribution in [0.15, 0.2) is 29.2 Å². The van der Waals surface area contributed by atoms with Crippen LogP contribution in [0.5, 0.6) is 0 Å². The Hall–Kier alpha value is -1.37. The molecule has 0 saturated heterocycles. The molecule has 0 bridgehead atoms. The Balaban J connectivity index is 2.31. The summed E-state index contributed by atoms with van der Waals surface area (Å²) in [6.45, 7) is 5.56. The maximum atomic E-state index is 12.1. The highest BCUT2D eigenvalue weighted by Crippen LogP contribution is 2.35. The van der Waals surface area contributed by atoms with E-state index in [2.05, 4.69) is 11.3 Å². The average Bonchev–Trinajstić information content (AvgIpc) is 3.06. The highest BCUT2D eigenvalue weighted by Gasteiger charge is 2.29. The van der Waals surface area contributed by atoms with Crippen LogP contribution in [0, 0.1) is 12.8 Å². The molecule has 2 rings (SSSR count). The SMILES string of the molecule is C=C1CC1CNS(=O)(=O)c1cc(Cl)c(C)c(C(=O)O)c1. The lowest BCUT2D eigenvalue weighted by molar-refractivity contribution is 0.0696. The van der Waals surface area contributed by atoms with Gasteiger partial charge in [-0.1, -0.05) is 23.8 Å². The van der Waals surface area contributed by atoms with Crippen molar-refractivity contribution < 1.29 is 18.3 Å². The van der Waals surface area contributed by atoms with Crippen LogP contribution in [0.25, 0.3) is 0 Å². The molecule has 1 aromatic carbocycles. The first-order valence-electron chi connectivity index (χ1n) is 5.93. The van der Waals surface area contributed by atoms with Gasteiger partial charge in [0.1, 0.15) is 0 Å². The molecular weight excluding hydrogens is 302 g/mol. The number of hydrogen-bond donors (Lipinski definition) is 2. The molecule has 0 radical (unpaired) electrons. The van der Waals surface area contributed by atoms with Gasteiger partial charge in [0.2, 0.25) is 10.0 Å². The van der Waals surface area contributed by atoms with Crippen molar-refractivity contribution in [3.05, 3.63) is 40.4 Å². The van der Waals surface area contributed by atoms with Gasteiger partial charge in [0, 0.05) is 11.6 Å². The van der Waals surface area contributed by atoms with Gasteiger partial charge in [-0.3, -0.25) is 0 Å². The summed E-state index contributed by atoms with van der Waals surface area (Å²) in [6, 6.07) is 2.38. The minimum atomic E-state index is -3.77. The van der Waals surface area contributed by atoms with Crippen LogP contribution in [0.2, 0.25) is 5.02 Å². The first kappa shape index (κ1) is 15.0. The fraction of sp³-hybridized carbons (Fsp3) is 0.308. The van der Waals surface area contributed by atoms with Crippen LogP contribution in [0.4, 0.5) is 0 Å². The molecule has 7 heteroatoms. The van der Waals surface area contributed by atoms with E-state index in [0.717, 1.165) is 18.1 Å². The van der Waals surface area contributed by atoms with E-state index in [1.807, 2.05) is 0 Å². The predicted octanol–water partition coefficient (Wildman–Crippen LogP) is 2.20. The molecule has 0 aromatic heterocycles. The van der Waals surface area contributed by atoms with Crippen molar-refractivity contribution in [3.63, 3.8) is 0 Å². The van der Waals surface area contributed by atoms with E-state index in [-0.39, 0.29) is 27.9 Å². The van der Waals surface area contributed by atoms with E-state index in [4.69, 9.17) is 16.7 Å². The lowest BCUT2D eigenvalue weighted by Crippen LogP contribution is -2.26. The van der Waals surface area contributed by atoms with E-state index >= 15 is 0 Å². The number of carboxylic acids is 1. The van der Waals surface area contributed by atoms with Crippen molar-refractivity contribution in [3.8, 4) is 0 Å². The number of nitrogens with one attached hydrogen (secondary N) is 1. The van der Waals surface area contributed by atoms with E-state index in [9.17, 15) is 13.2 Å². The fourth-order valence-electron chi connectivity index (χ4n) is 1.80. The second kappa shape index (κ2) is 5.20. The van der Waals surface area contributed by atoms with Crippen LogP contribution in [0.1, 0.15) is 22.3 Å². The highest BCUT2D eigenvalue weighted by atomic mass is 35.5.